The van der Waals surface area contributed by atoms with Crippen LogP contribution in [-0.2, 0) is 4.74 Å². The molecule has 0 bridgehead atoms. The highest BCUT2D eigenvalue weighted by Crippen LogP contribution is 2.29. The molecule has 5 rings (SSSR count). The lowest BCUT2D eigenvalue weighted by Crippen LogP contribution is -2.48. The van der Waals surface area contributed by atoms with E-state index in [4.69, 9.17) is 9.72 Å². The Morgan fingerprint density at radius 1 is 0.903 bits per heavy atom. The van der Waals surface area contributed by atoms with Crippen LogP contribution in [0.1, 0.15) is 11.8 Å². The average Bonchev–Trinajstić information content (AvgIpc) is 2.86. The lowest BCUT2D eigenvalue weighted by atomic mass is 10.2. The molecule has 5 heterocycles. The minimum Gasteiger partial charge on any atom is -0.369 e. The van der Waals surface area contributed by atoms with Crippen molar-refractivity contribution in [3.05, 3.63) is 35.9 Å². The third-order valence-electron chi connectivity index (χ3n) is 6.03. The molecule has 2 N–H and O–H groups in total. The maximum absolute atomic E-state index is 15.5. The van der Waals surface area contributed by atoms with Crippen LogP contribution in [0, 0.1) is 5.82 Å². The van der Waals surface area contributed by atoms with Gasteiger partial charge in [-0.3, -0.25) is 0 Å². The second-order valence-corrected chi connectivity index (χ2v) is 8.01. The molecule has 3 aliphatic heterocycles. The Kier molecular flexibility index (Phi) is 6.10. The van der Waals surface area contributed by atoms with E-state index in [9.17, 15) is 0 Å². The van der Waals surface area contributed by atoms with Gasteiger partial charge in [0.1, 0.15) is 17.6 Å². The maximum atomic E-state index is 15.5. The SMILES string of the molecule is Fc1c(C2CNCCO2)nc(N2CCN(c3ccccn3)CC2)nc1N1CCNCC1. The van der Waals surface area contributed by atoms with E-state index < -0.39 is 6.10 Å². The molecule has 1 atom stereocenters. The van der Waals surface area contributed by atoms with Gasteiger partial charge in [0.05, 0.1) is 6.61 Å². The van der Waals surface area contributed by atoms with Gasteiger partial charge in [0, 0.05) is 71.6 Å². The van der Waals surface area contributed by atoms with E-state index >= 15 is 4.39 Å². The standard InChI is InChI=1S/C21H29FN8O/c22-18-19(16-15-24-7-14-31-16)26-21(27-20(18)29-8-5-23-6-9-29)30-12-10-28(11-13-30)17-3-1-2-4-25-17/h1-4,16,23-24H,5-15H2. The summed E-state index contributed by atoms with van der Waals surface area (Å²) >= 11 is 0. The lowest BCUT2D eigenvalue weighted by Gasteiger charge is -2.36. The van der Waals surface area contributed by atoms with Gasteiger partial charge in [-0.25, -0.2) is 14.4 Å². The van der Waals surface area contributed by atoms with Gasteiger partial charge in [0.25, 0.3) is 0 Å². The van der Waals surface area contributed by atoms with Crippen molar-refractivity contribution in [1.82, 2.24) is 25.6 Å². The molecule has 10 heteroatoms. The predicted octanol–water partition coefficient (Wildman–Crippen LogP) is 0.408. The molecule has 166 valence electrons. The van der Waals surface area contributed by atoms with Gasteiger partial charge in [0.15, 0.2) is 11.6 Å². The van der Waals surface area contributed by atoms with Crippen LogP contribution in [-0.4, -0.2) is 87.0 Å². The van der Waals surface area contributed by atoms with Crippen LogP contribution in [0.25, 0.3) is 0 Å². The number of nitrogens with one attached hydrogen (secondary N) is 2. The second-order valence-electron chi connectivity index (χ2n) is 8.01. The minimum atomic E-state index is -0.396. The molecule has 3 fully saturated rings. The Labute approximate surface area is 181 Å². The number of morpholine rings is 1. The second kappa shape index (κ2) is 9.29. The maximum Gasteiger partial charge on any atom is 0.227 e. The Morgan fingerprint density at radius 2 is 1.71 bits per heavy atom. The summed E-state index contributed by atoms with van der Waals surface area (Å²) in [6.07, 6.45) is 1.42. The summed E-state index contributed by atoms with van der Waals surface area (Å²) in [5.74, 6) is 1.60. The first-order valence-electron chi connectivity index (χ1n) is 11.1. The van der Waals surface area contributed by atoms with Gasteiger partial charge < -0.3 is 30.1 Å². The van der Waals surface area contributed by atoms with E-state index in [0.29, 0.717) is 30.6 Å². The van der Waals surface area contributed by atoms with Gasteiger partial charge in [-0.05, 0) is 12.1 Å². The van der Waals surface area contributed by atoms with Crippen molar-refractivity contribution in [1.29, 1.82) is 0 Å². The summed E-state index contributed by atoms with van der Waals surface area (Å²) in [5.41, 5.74) is 0.359. The zero-order chi connectivity index (χ0) is 21.0. The number of hydrogen-bond acceptors (Lipinski definition) is 9. The third kappa shape index (κ3) is 4.41. The molecular weight excluding hydrogens is 399 g/mol. The summed E-state index contributed by atoms with van der Waals surface area (Å²) in [4.78, 5) is 20.2. The number of rotatable bonds is 4. The van der Waals surface area contributed by atoms with Crippen LogP contribution in [0.5, 0.6) is 0 Å². The Bertz CT molecular complexity index is 826. The summed E-state index contributed by atoms with van der Waals surface area (Å²) in [5, 5.41) is 6.60. The Balaban J connectivity index is 1.41. The first-order valence-corrected chi connectivity index (χ1v) is 11.1. The molecule has 1 unspecified atom stereocenters. The summed E-state index contributed by atoms with van der Waals surface area (Å²) in [6.45, 7) is 8.12. The van der Waals surface area contributed by atoms with E-state index in [1.165, 1.54) is 0 Å². The number of piperazine rings is 2. The van der Waals surface area contributed by atoms with E-state index in [2.05, 4.69) is 30.4 Å². The lowest BCUT2D eigenvalue weighted by molar-refractivity contribution is 0.0226. The number of ether oxygens (including phenoxy) is 1. The molecule has 0 aromatic carbocycles. The van der Waals surface area contributed by atoms with Crippen molar-refractivity contribution in [2.75, 3.05) is 86.8 Å². The van der Waals surface area contributed by atoms with Gasteiger partial charge >= 0.3 is 0 Å². The fraction of sp³-hybridized carbons (Fsp3) is 0.571. The number of halogens is 1. The fourth-order valence-corrected chi connectivity index (χ4v) is 4.30. The minimum absolute atomic E-state index is 0.355. The molecule has 0 saturated carbocycles. The molecule has 0 amide bonds. The van der Waals surface area contributed by atoms with Gasteiger partial charge in [-0.15, -0.1) is 0 Å². The smallest absolute Gasteiger partial charge is 0.227 e. The van der Waals surface area contributed by atoms with E-state index in [1.807, 2.05) is 29.3 Å². The normalized spacial score (nSPS) is 22.6. The molecule has 31 heavy (non-hydrogen) atoms. The van der Waals surface area contributed by atoms with E-state index in [0.717, 1.165) is 64.7 Å². The predicted molar refractivity (Wildman–Crippen MR) is 117 cm³/mol. The number of anilines is 3. The van der Waals surface area contributed by atoms with Crippen molar-refractivity contribution >= 4 is 17.6 Å². The molecule has 0 spiro atoms. The highest BCUT2D eigenvalue weighted by atomic mass is 19.1. The van der Waals surface area contributed by atoms with Gasteiger partial charge in [0.2, 0.25) is 5.95 Å². The van der Waals surface area contributed by atoms with Crippen molar-refractivity contribution in [3.8, 4) is 0 Å². The number of nitrogens with zero attached hydrogens (tertiary/aromatic N) is 6. The van der Waals surface area contributed by atoms with Crippen LogP contribution in [0.2, 0.25) is 0 Å². The Morgan fingerprint density at radius 3 is 2.42 bits per heavy atom. The van der Waals surface area contributed by atoms with Crippen molar-refractivity contribution in [2.45, 2.75) is 6.10 Å². The van der Waals surface area contributed by atoms with E-state index in [1.54, 1.807) is 0 Å². The first-order chi connectivity index (χ1) is 15.3. The number of pyridine rings is 1. The zero-order valence-electron chi connectivity index (χ0n) is 17.6. The molecule has 9 nitrogen and oxygen atoms in total. The largest absolute Gasteiger partial charge is 0.369 e. The summed E-state index contributed by atoms with van der Waals surface area (Å²) in [6, 6.07) is 5.95. The molecule has 0 aliphatic carbocycles. The molecular formula is C21H29FN8O. The highest BCUT2D eigenvalue weighted by molar-refractivity contribution is 5.50. The number of aromatic nitrogens is 3. The van der Waals surface area contributed by atoms with Gasteiger partial charge in [-0.2, -0.15) is 4.98 Å². The average molecular weight is 429 g/mol. The molecule has 3 aliphatic rings. The summed E-state index contributed by atoms with van der Waals surface area (Å²) < 4.78 is 21.4. The van der Waals surface area contributed by atoms with E-state index in [-0.39, 0.29) is 5.82 Å². The Hall–Kier alpha value is -2.56. The third-order valence-corrected chi connectivity index (χ3v) is 6.03. The molecule has 3 saturated heterocycles. The van der Waals surface area contributed by atoms with Crippen LogP contribution < -0.4 is 25.3 Å². The van der Waals surface area contributed by atoms with Crippen LogP contribution in [0.3, 0.4) is 0 Å². The molecule has 0 radical (unpaired) electrons. The first kappa shape index (κ1) is 20.3. The van der Waals surface area contributed by atoms with Gasteiger partial charge in [-0.1, -0.05) is 6.07 Å². The zero-order valence-corrected chi connectivity index (χ0v) is 17.6. The topological polar surface area (TPSA) is 81.7 Å². The van der Waals surface area contributed by atoms with Crippen LogP contribution in [0.15, 0.2) is 24.4 Å². The molecule has 2 aromatic heterocycles. The van der Waals surface area contributed by atoms with Crippen molar-refractivity contribution in [3.63, 3.8) is 0 Å². The van der Waals surface area contributed by atoms with Crippen molar-refractivity contribution in [2.24, 2.45) is 0 Å². The van der Waals surface area contributed by atoms with Crippen LogP contribution >= 0.6 is 0 Å². The monoisotopic (exact) mass is 428 g/mol. The van der Waals surface area contributed by atoms with Crippen LogP contribution in [0.4, 0.5) is 22.0 Å². The quantitative estimate of drug-likeness (QED) is 0.720. The van der Waals surface area contributed by atoms with Crippen molar-refractivity contribution < 1.29 is 9.13 Å². The highest BCUT2D eigenvalue weighted by Gasteiger charge is 2.30. The fourth-order valence-electron chi connectivity index (χ4n) is 4.30. The number of hydrogen-bond donors (Lipinski definition) is 2. The summed E-state index contributed by atoms with van der Waals surface area (Å²) in [7, 11) is 0. The molecule has 2 aromatic rings.